The average molecular weight is 428 g/mol. The van der Waals surface area contributed by atoms with Gasteiger partial charge in [0.1, 0.15) is 0 Å². The van der Waals surface area contributed by atoms with Crippen LogP contribution in [0, 0.1) is 0 Å². The summed E-state index contributed by atoms with van der Waals surface area (Å²) in [5.74, 6) is 0.219. The van der Waals surface area contributed by atoms with E-state index in [9.17, 15) is 4.79 Å². The van der Waals surface area contributed by atoms with Crippen molar-refractivity contribution < 1.29 is 10.0 Å². The lowest BCUT2D eigenvalue weighted by molar-refractivity contribution is 0.102. The standard InChI is InChI=1S/C24H24N6O2/c1-29-16-20(15-25-29)18-8-7-9-19(14-18)23(31)28-24-27-21(10-5-6-13-26-32)17-30(24)22-11-3-2-4-12-22/h2-4,7-9,11-17,32H,5-6,10H2,1H3,(H,27,28,31)/b26-13+. The molecule has 0 aliphatic carbocycles. The number of para-hydroxylation sites is 1. The van der Waals surface area contributed by atoms with Gasteiger partial charge in [-0.2, -0.15) is 5.10 Å². The number of aryl methyl sites for hydroxylation is 2. The summed E-state index contributed by atoms with van der Waals surface area (Å²) in [6.07, 6.45) is 9.21. The Labute approximate surface area is 185 Å². The summed E-state index contributed by atoms with van der Waals surface area (Å²) in [4.78, 5) is 17.7. The maximum atomic E-state index is 13.1. The number of nitrogens with zero attached hydrogens (tertiary/aromatic N) is 5. The van der Waals surface area contributed by atoms with E-state index in [1.807, 2.05) is 72.5 Å². The van der Waals surface area contributed by atoms with E-state index in [2.05, 4.69) is 20.6 Å². The Kier molecular flexibility index (Phi) is 6.41. The predicted molar refractivity (Wildman–Crippen MR) is 123 cm³/mol. The van der Waals surface area contributed by atoms with E-state index in [0.29, 0.717) is 24.4 Å². The van der Waals surface area contributed by atoms with Crippen LogP contribution in [0.1, 0.15) is 28.9 Å². The number of aromatic nitrogens is 4. The van der Waals surface area contributed by atoms with Gasteiger partial charge in [0.05, 0.1) is 11.9 Å². The Balaban J connectivity index is 1.58. The summed E-state index contributed by atoms with van der Waals surface area (Å²) in [6, 6.07) is 17.2. The van der Waals surface area contributed by atoms with E-state index in [1.54, 1.807) is 16.9 Å². The number of amides is 1. The number of anilines is 1. The van der Waals surface area contributed by atoms with Crippen LogP contribution in [-0.2, 0) is 13.5 Å². The van der Waals surface area contributed by atoms with Gasteiger partial charge in [-0.1, -0.05) is 30.3 Å². The highest BCUT2D eigenvalue weighted by molar-refractivity contribution is 6.04. The third-order valence-corrected chi connectivity index (χ3v) is 5.03. The summed E-state index contributed by atoms with van der Waals surface area (Å²) < 4.78 is 3.60. The Morgan fingerprint density at radius 1 is 1.12 bits per heavy atom. The van der Waals surface area contributed by atoms with Crippen LogP contribution in [0.15, 0.2) is 78.3 Å². The zero-order valence-electron chi connectivity index (χ0n) is 17.7. The monoisotopic (exact) mass is 428 g/mol. The van der Waals surface area contributed by atoms with Gasteiger partial charge in [0.2, 0.25) is 5.95 Å². The molecule has 4 rings (SSSR count). The normalized spacial score (nSPS) is 11.2. The van der Waals surface area contributed by atoms with Gasteiger partial charge in [-0.05, 0) is 49.1 Å². The summed E-state index contributed by atoms with van der Waals surface area (Å²) >= 11 is 0. The van der Waals surface area contributed by atoms with Crippen LogP contribution in [0.25, 0.3) is 16.8 Å². The highest BCUT2D eigenvalue weighted by atomic mass is 16.4. The third-order valence-electron chi connectivity index (χ3n) is 5.03. The topological polar surface area (TPSA) is 97.3 Å². The molecule has 2 aromatic heterocycles. The molecular weight excluding hydrogens is 404 g/mol. The van der Waals surface area contributed by atoms with E-state index in [-0.39, 0.29) is 5.91 Å². The number of hydrogen-bond acceptors (Lipinski definition) is 5. The van der Waals surface area contributed by atoms with Gasteiger partial charge < -0.3 is 5.21 Å². The van der Waals surface area contributed by atoms with E-state index in [0.717, 1.165) is 28.9 Å². The molecule has 8 heteroatoms. The van der Waals surface area contributed by atoms with E-state index < -0.39 is 0 Å². The fourth-order valence-corrected chi connectivity index (χ4v) is 3.44. The minimum Gasteiger partial charge on any atom is -0.411 e. The maximum Gasteiger partial charge on any atom is 0.258 e. The molecule has 2 N–H and O–H groups in total. The van der Waals surface area contributed by atoms with Crippen LogP contribution in [0.2, 0.25) is 0 Å². The van der Waals surface area contributed by atoms with Crippen LogP contribution >= 0.6 is 0 Å². The van der Waals surface area contributed by atoms with Crippen molar-refractivity contribution >= 4 is 18.1 Å². The van der Waals surface area contributed by atoms with E-state index >= 15 is 0 Å². The van der Waals surface area contributed by atoms with Crippen LogP contribution in [0.5, 0.6) is 0 Å². The lowest BCUT2D eigenvalue weighted by Gasteiger charge is -2.09. The number of benzene rings is 2. The molecule has 0 saturated carbocycles. The van der Waals surface area contributed by atoms with Crippen molar-refractivity contribution in [1.82, 2.24) is 19.3 Å². The predicted octanol–water partition coefficient (Wildman–Crippen LogP) is 4.31. The highest BCUT2D eigenvalue weighted by Gasteiger charge is 2.15. The second-order valence-corrected chi connectivity index (χ2v) is 7.39. The summed E-state index contributed by atoms with van der Waals surface area (Å²) in [7, 11) is 1.86. The molecular formula is C24H24N6O2. The number of hydrogen-bond donors (Lipinski definition) is 2. The fraction of sp³-hybridized carbons (Fsp3) is 0.167. The Morgan fingerprint density at radius 2 is 1.97 bits per heavy atom. The quantitative estimate of drug-likeness (QED) is 0.189. The van der Waals surface area contributed by atoms with Crippen molar-refractivity contribution in [3.8, 4) is 16.8 Å². The molecule has 0 spiro atoms. The highest BCUT2D eigenvalue weighted by Crippen LogP contribution is 2.22. The van der Waals surface area contributed by atoms with Crippen molar-refractivity contribution in [1.29, 1.82) is 0 Å². The average Bonchev–Trinajstić information content (AvgIpc) is 3.43. The number of unbranched alkanes of at least 4 members (excludes halogenated alkanes) is 1. The van der Waals surface area contributed by atoms with Crippen molar-refractivity contribution in [2.75, 3.05) is 5.32 Å². The molecule has 2 heterocycles. The smallest absolute Gasteiger partial charge is 0.258 e. The second-order valence-electron chi connectivity index (χ2n) is 7.39. The molecule has 1 amide bonds. The maximum absolute atomic E-state index is 13.1. The van der Waals surface area contributed by atoms with Crippen molar-refractivity contribution in [3.63, 3.8) is 0 Å². The zero-order chi connectivity index (χ0) is 22.3. The van der Waals surface area contributed by atoms with Gasteiger partial charge in [0.15, 0.2) is 0 Å². The zero-order valence-corrected chi connectivity index (χ0v) is 17.7. The number of oxime groups is 1. The van der Waals surface area contributed by atoms with E-state index in [1.165, 1.54) is 6.21 Å². The van der Waals surface area contributed by atoms with Crippen LogP contribution < -0.4 is 5.32 Å². The summed E-state index contributed by atoms with van der Waals surface area (Å²) in [5, 5.41) is 18.7. The molecule has 0 saturated heterocycles. The molecule has 2 aromatic carbocycles. The van der Waals surface area contributed by atoms with Crippen LogP contribution in [0.3, 0.4) is 0 Å². The van der Waals surface area contributed by atoms with Crippen molar-refractivity contribution in [2.45, 2.75) is 19.3 Å². The number of carbonyl (C=O) groups is 1. The molecule has 162 valence electrons. The molecule has 0 bridgehead atoms. The first-order chi connectivity index (χ1) is 15.6. The molecule has 0 aliphatic heterocycles. The Morgan fingerprint density at radius 3 is 2.72 bits per heavy atom. The first-order valence-corrected chi connectivity index (χ1v) is 10.3. The summed E-state index contributed by atoms with van der Waals surface area (Å²) in [6.45, 7) is 0. The summed E-state index contributed by atoms with van der Waals surface area (Å²) in [5.41, 5.74) is 4.15. The number of rotatable bonds is 8. The largest absolute Gasteiger partial charge is 0.411 e. The number of nitrogens with one attached hydrogen (secondary N) is 1. The molecule has 32 heavy (non-hydrogen) atoms. The molecule has 0 unspecified atom stereocenters. The van der Waals surface area contributed by atoms with Crippen LogP contribution in [0.4, 0.5) is 5.95 Å². The molecule has 0 radical (unpaired) electrons. The first kappa shape index (κ1) is 21.0. The molecule has 0 aliphatic rings. The van der Waals surface area contributed by atoms with E-state index in [4.69, 9.17) is 5.21 Å². The number of carbonyl (C=O) groups excluding carboxylic acids is 1. The van der Waals surface area contributed by atoms with Gasteiger partial charge in [0, 0.05) is 42.5 Å². The fourth-order valence-electron chi connectivity index (χ4n) is 3.44. The Bertz CT molecular complexity index is 1230. The molecule has 0 fully saturated rings. The van der Waals surface area contributed by atoms with Crippen molar-refractivity contribution in [2.24, 2.45) is 12.2 Å². The molecule has 0 atom stereocenters. The lowest BCUT2D eigenvalue weighted by atomic mass is 10.1. The molecule has 4 aromatic rings. The van der Waals surface area contributed by atoms with Gasteiger partial charge in [-0.3, -0.25) is 19.4 Å². The van der Waals surface area contributed by atoms with Gasteiger partial charge in [-0.15, -0.1) is 5.16 Å². The minimum absolute atomic E-state index is 0.238. The SMILES string of the molecule is Cn1cc(-c2cccc(C(=O)Nc3nc(CCC/C=N/O)cn3-c3ccccc3)c2)cn1. The second kappa shape index (κ2) is 9.74. The van der Waals surface area contributed by atoms with Gasteiger partial charge >= 0.3 is 0 Å². The third kappa shape index (κ3) is 4.92. The molecule has 8 nitrogen and oxygen atoms in total. The lowest BCUT2D eigenvalue weighted by Crippen LogP contribution is -2.15. The minimum atomic E-state index is -0.238. The Hall–Kier alpha value is -4.20. The van der Waals surface area contributed by atoms with Crippen molar-refractivity contribution in [3.05, 3.63) is 84.4 Å². The van der Waals surface area contributed by atoms with Gasteiger partial charge in [-0.25, -0.2) is 4.98 Å². The first-order valence-electron chi connectivity index (χ1n) is 10.3. The van der Waals surface area contributed by atoms with Gasteiger partial charge in [0.25, 0.3) is 5.91 Å². The van der Waals surface area contributed by atoms with Crippen LogP contribution in [-0.4, -0.2) is 36.7 Å². The number of imidazole rings is 1.